The lowest BCUT2D eigenvalue weighted by molar-refractivity contribution is -0.135. The normalized spacial score (nSPS) is 19.6. The van der Waals surface area contributed by atoms with Crippen molar-refractivity contribution in [1.82, 2.24) is 9.80 Å². The van der Waals surface area contributed by atoms with E-state index in [0.717, 1.165) is 47.9 Å². The number of thioether (sulfide) groups is 1. The predicted molar refractivity (Wildman–Crippen MR) is 98.9 cm³/mol. The van der Waals surface area contributed by atoms with Gasteiger partial charge in [0.25, 0.3) is 11.1 Å². The van der Waals surface area contributed by atoms with Crippen LogP contribution >= 0.6 is 11.8 Å². The van der Waals surface area contributed by atoms with Crippen LogP contribution < -0.4 is 0 Å². The number of carbonyl (C=O) groups excluding carboxylic acids is 3. The number of benzene rings is 1. The topological polar surface area (TPSA) is 81.5 Å². The monoisotopic (exact) mass is 369 g/mol. The summed E-state index contributed by atoms with van der Waals surface area (Å²) in [4.78, 5) is 40.2. The molecule has 0 spiro atoms. The van der Waals surface area contributed by atoms with Crippen LogP contribution in [0, 0.1) is 11.3 Å². The molecule has 0 N–H and O–H groups in total. The summed E-state index contributed by atoms with van der Waals surface area (Å²) >= 11 is 0.842. The molecule has 6 nitrogen and oxygen atoms in total. The van der Waals surface area contributed by atoms with Crippen LogP contribution in [-0.2, 0) is 9.59 Å². The lowest BCUT2D eigenvalue weighted by Crippen LogP contribution is -2.42. The quantitative estimate of drug-likeness (QED) is 0.765. The van der Waals surface area contributed by atoms with Crippen LogP contribution in [0.4, 0.5) is 4.79 Å². The number of carbonyl (C=O) groups is 3. The van der Waals surface area contributed by atoms with Crippen LogP contribution in [0.3, 0.4) is 0 Å². The Hall–Kier alpha value is -2.59. The molecule has 2 fully saturated rings. The molecule has 2 aliphatic rings. The lowest BCUT2D eigenvalue weighted by Gasteiger charge is -2.22. The van der Waals surface area contributed by atoms with Crippen LogP contribution in [0.15, 0.2) is 29.2 Å². The van der Waals surface area contributed by atoms with E-state index in [1.165, 1.54) is 0 Å². The van der Waals surface area contributed by atoms with E-state index in [1.54, 1.807) is 35.2 Å². The third-order valence-corrected chi connectivity index (χ3v) is 5.37. The van der Waals surface area contributed by atoms with Crippen molar-refractivity contribution in [3.8, 4) is 6.07 Å². The predicted octanol–water partition coefficient (Wildman–Crippen LogP) is 3.00. The fraction of sp³-hybridized carbons (Fsp3) is 0.368. The van der Waals surface area contributed by atoms with E-state index in [0.29, 0.717) is 23.6 Å². The minimum atomic E-state index is -0.437. The smallest absolute Gasteiger partial charge is 0.294 e. The third-order valence-electron chi connectivity index (χ3n) is 4.46. The number of imide groups is 1. The van der Waals surface area contributed by atoms with Crippen LogP contribution in [0.1, 0.15) is 36.8 Å². The lowest BCUT2D eigenvalue weighted by atomic mass is 10.1. The number of nitrogens with zero attached hydrogens (tertiary/aromatic N) is 3. The number of nitriles is 1. The van der Waals surface area contributed by atoms with E-state index in [4.69, 9.17) is 5.26 Å². The van der Waals surface area contributed by atoms with Gasteiger partial charge in [0.15, 0.2) is 0 Å². The average molecular weight is 369 g/mol. The summed E-state index contributed by atoms with van der Waals surface area (Å²) in [5.74, 6) is -0.610. The highest BCUT2D eigenvalue weighted by Gasteiger charge is 2.37. The van der Waals surface area contributed by atoms with Crippen molar-refractivity contribution < 1.29 is 14.4 Å². The summed E-state index contributed by atoms with van der Waals surface area (Å²) in [7, 11) is 0. The zero-order valence-corrected chi connectivity index (χ0v) is 15.1. The van der Waals surface area contributed by atoms with Gasteiger partial charge in [-0.3, -0.25) is 19.3 Å². The summed E-state index contributed by atoms with van der Waals surface area (Å²) in [5.41, 5.74) is 1.26. The van der Waals surface area contributed by atoms with Crippen molar-refractivity contribution in [2.24, 2.45) is 0 Å². The molecule has 0 aromatic heterocycles. The molecular weight excluding hydrogens is 350 g/mol. The van der Waals surface area contributed by atoms with Crippen molar-refractivity contribution in [2.45, 2.75) is 25.7 Å². The number of hydrogen-bond donors (Lipinski definition) is 0. The second-order valence-electron chi connectivity index (χ2n) is 6.30. The van der Waals surface area contributed by atoms with E-state index in [1.807, 2.05) is 6.07 Å². The van der Waals surface area contributed by atoms with Crippen LogP contribution in [0.5, 0.6) is 0 Å². The highest BCUT2D eigenvalue weighted by Crippen LogP contribution is 2.32. The van der Waals surface area contributed by atoms with Gasteiger partial charge in [-0.2, -0.15) is 5.26 Å². The van der Waals surface area contributed by atoms with Crippen molar-refractivity contribution in [3.63, 3.8) is 0 Å². The maximum Gasteiger partial charge on any atom is 0.294 e. The maximum atomic E-state index is 12.5. The minimum Gasteiger partial charge on any atom is -0.341 e. The van der Waals surface area contributed by atoms with Gasteiger partial charge in [-0.1, -0.05) is 25.0 Å². The van der Waals surface area contributed by atoms with E-state index in [9.17, 15) is 14.4 Å². The molecule has 0 atom stereocenters. The fourth-order valence-corrected chi connectivity index (χ4v) is 3.84. The van der Waals surface area contributed by atoms with Gasteiger partial charge in [-0.05, 0) is 48.4 Å². The summed E-state index contributed by atoms with van der Waals surface area (Å²) in [6, 6.07) is 8.77. The van der Waals surface area contributed by atoms with Crippen molar-refractivity contribution >= 4 is 34.9 Å². The third kappa shape index (κ3) is 4.14. The molecule has 0 aliphatic carbocycles. The first kappa shape index (κ1) is 18.2. The number of rotatable bonds is 3. The van der Waals surface area contributed by atoms with E-state index >= 15 is 0 Å². The van der Waals surface area contributed by atoms with Gasteiger partial charge < -0.3 is 4.90 Å². The Bertz CT molecular complexity index is 787. The fourth-order valence-electron chi connectivity index (χ4n) is 3.00. The molecule has 2 aliphatic heterocycles. The number of likely N-dealkylation sites (tertiary alicyclic amines) is 1. The Balaban J connectivity index is 1.69. The highest BCUT2D eigenvalue weighted by molar-refractivity contribution is 8.18. The Morgan fingerprint density at radius 2 is 1.77 bits per heavy atom. The largest absolute Gasteiger partial charge is 0.341 e. The Labute approximate surface area is 156 Å². The van der Waals surface area contributed by atoms with E-state index in [2.05, 4.69) is 0 Å². The van der Waals surface area contributed by atoms with Gasteiger partial charge in [0.1, 0.15) is 6.54 Å². The number of amides is 3. The second-order valence-corrected chi connectivity index (χ2v) is 7.29. The molecule has 0 bridgehead atoms. The Morgan fingerprint density at radius 1 is 1.12 bits per heavy atom. The first-order valence-electron chi connectivity index (χ1n) is 8.62. The molecule has 7 heteroatoms. The summed E-state index contributed by atoms with van der Waals surface area (Å²) in [6.45, 7) is 1.18. The first-order valence-corrected chi connectivity index (χ1v) is 9.43. The van der Waals surface area contributed by atoms with Gasteiger partial charge in [-0.15, -0.1) is 0 Å². The zero-order chi connectivity index (χ0) is 18.5. The molecule has 0 unspecified atom stereocenters. The average Bonchev–Trinajstić information content (AvgIpc) is 2.86. The van der Waals surface area contributed by atoms with Crippen LogP contribution in [0.25, 0.3) is 6.08 Å². The SMILES string of the molecule is N#Cc1ccc(/C=C2/SC(=O)N(CC(=O)N3CCCCCC3)C2=O)cc1. The molecule has 3 amide bonds. The zero-order valence-electron chi connectivity index (χ0n) is 14.3. The molecule has 2 saturated heterocycles. The van der Waals surface area contributed by atoms with Gasteiger partial charge in [-0.25, -0.2) is 0 Å². The molecule has 2 heterocycles. The Morgan fingerprint density at radius 3 is 2.38 bits per heavy atom. The molecule has 3 rings (SSSR count). The molecule has 0 radical (unpaired) electrons. The number of hydrogen-bond acceptors (Lipinski definition) is 5. The first-order chi connectivity index (χ1) is 12.6. The standard InChI is InChI=1S/C19H19N3O3S/c20-12-15-7-5-14(6-8-15)11-16-18(24)22(19(25)26-16)13-17(23)21-9-3-1-2-4-10-21/h5-8,11H,1-4,9-10,13H2/b16-11+. The van der Waals surface area contributed by atoms with Gasteiger partial charge in [0.2, 0.25) is 5.91 Å². The Kier molecular flexibility index (Phi) is 5.74. The van der Waals surface area contributed by atoms with Crippen LogP contribution in [0.2, 0.25) is 0 Å². The van der Waals surface area contributed by atoms with Crippen molar-refractivity contribution in [1.29, 1.82) is 5.26 Å². The minimum absolute atomic E-state index is 0.172. The molecule has 1 aromatic rings. The van der Waals surface area contributed by atoms with Gasteiger partial charge >= 0.3 is 0 Å². The van der Waals surface area contributed by atoms with Crippen molar-refractivity contribution in [3.05, 3.63) is 40.3 Å². The summed E-state index contributed by atoms with van der Waals surface area (Å²) in [6.07, 6.45) is 5.76. The van der Waals surface area contributed by atoms with E-state index in [-0.39, 0.29) is 12.5 Å². The molecule has 1 aromatic carbocycles. The van der Waals surface area contributed by atoms with Gasteiger partial charge in [0, 0.05) is 13.1 Å². The van der Waals surface area contributed by atoms with Crippen LogP contribution in [-0.4, -0.2) is 46.5 Å². The van der Waals surface area contributed by atoms with Crippen molar-refractivity contribution in [2.75, 3.05) is 19.6 Å². The van der Waals surface area contributed by atoms with Gasteiger partial charge in [0.05, 0.1) is 16.5 Å². The molecular formula is C19H19N3O3S. The molecule has 134 valence electrons. The summed E-state index contributed by atoms with van der Waals surface area (Å²) < 4.78 is 0. The van der Waals surface area contributed by atoms with E-state index < -0.39 is 11.1 Å². The molecule has 0 saturated carbocycles. The highest BCUT2D eigenvalue weighted by atomic mass is 32.2. The summed E-state index contributed by atoms with van der Waals surface area (Å²) in [5, 5.41) is 8.40. The second kappa shape index (κ2) is 8.19. The molecule has 26 heavy (non-hydrogen) atoms. The maximum absolute atomic E-state index is 12.5.